The molecule has 0 aliphatic heterocycles. The average Bonchev–Trinajstić information content (AvgIpc) is 1.27. The van der Waals surface area contributed by atoms with Crippen LogP contribution in [0.15, 0.2) is 0 Å². The number of hydrazine groups is 1. The van der Waals surface area contributed by atoms with Crippen LogP contribution in [0.5, 0.6) is 0 Å². The summed E-state index contributed by atoms with van der Waals surface area (Å²) in [7, 11) is 1.77. The Morgan fingerprint density at radius 2 is 2.29 bits per heavy atom. The van der Waals surface area contributed by atoms with E-state index in [2.05, 4.69) is 18.2 Å². The van der Waals surface area contributed by atoms with Crippen LogP contribution in [0.2, 0.25) is 0 Å². The number of hydrogen-bond acceptors (Lipinski definition) is 4. The lowest BCUT2D eigenvalue weighted by Gasteiger charge is -2.12. The van der Waals surface area contributed by atoms with Crippen molar-refractivity contribution in [2.45, 2.75) is 13.1 Å². The second-order valence-corrected chi connectivity index (χ2v) is 2.04. The summed E-state index contributed by atoms with van der Waals surface area (Å²) in [6, 6.07) is 0. The van der Waals surface area contributed by atoms with Crippen molar-refractivity contribution in [3.8, 4) is 0 Å². The Morgan fingerprint density at radius 3 is 2.29 bits per heavy atom. The molecular formula is C3H11N3S. The highest BCUT2D eigenvalue weighted by molar-refractivity contribution is 7.77. The number of nitrogens with zero attached hydrogens (tertiary/aromatic N) is 1. The van der Waals surface area contributed by atoms with Crippen molar-refractivity contribution in [2.24, 2.45) is 5.73 Å². The summed E-state index contributed by atoms with van der Waals surface area (Å²) in [5, 5.41) is 0. The zero-order chi connectivity index (χ0) is 5.86. The molecule has 0 heterocycles. The number of rotatable bonds is 2. The molecule has 0 saturated carbocycles. The molecule has 0 aromatic heterocycles. The molecule has 0 aromatic carbocycles. The van der Waals surface area contributed by atoms with Crippen molar-refractivity contribution in [3.05, 3.63) is 0 Å². The Hall–Kier alpha value is 0.230. The fraction of sp³-hybridized carbons (Fsp3) is 1.00. The van der Waals surface area contributed by atoms with E-state index in [9.17, 15) is 0 Å². The predicted octanol–water partition coefficient (Wildman–Crippen LogP) is -0.428. The normalized spacial score (nSPS) is 15.0. The SMILES string of the molecule is CC(N)NN(C)S. The van der Waals surface area contributed by atoms with Crippen LogP contribution in [0.25, 0.3) is 0 Å². The fourth-order valence-electron chi connectivity index (χ4n) is 0.295. The second kappa shape index (κ2) is 3.26. The Balaban J connectivity index is 2.95. The van der Waals surface area contributed by atoms with Gasteiger partial charge in [0.25, 0.3) is 0 Å². The molecule has 1 atom stereocenters. The van der Waals surface area contributed by atoms with Gasteiger partial charge in [-0.25, -0.2) is 5.43 Å². The largest absolute Gasteiger partial charge is 0.315 e. The first-order valence-corrected chi connectivity index (χ1v) is 2.47. The maximum absolute atomic E-state index is 5.29. The highest BCUT2D eigenvalue weighted by atomic mass is 32.1. The van der Waals surface area contributed by atoms with E-state index in [-0.39, 0.29) is 6.17 Å². The van der Waals surface area contributed by atoms with Crippen molar-refractivity contribution in [1.29, 1.82) is 0 Å². The molecule has 0 aliphatic carbocycles. The van der Waals surface area contributed by atoms with E-state index in [0.717, 1.165) is 0 Å². The smallest absolute Gasteiger partial charge is 0.0661 e. The van der Waals surface area contributed by atoms with Crippen LogP contribution in [0.3, 0.4) is 0 Å². The van der Waals surface area contributed by atoms with Gasteiger partial charge in [0.1, 0.15) is 0 Å². The van der Waals surface area contributed by atoms with Gasteiger partial charge in [0.2, 0.25) is 0 Å². The Kier molecular flexibility index (Phi) is 3.37. The van der Waals surface area contributed by atoms with Gasteiger partial charge in [-0.2, -0.15) is 4.41 Å². The van der Waals surface area contributed by atoms with E-state index in [1.165, 1.54) is 4.41 Å². The number of thiol groups is 1. The van der Waals surface area contributed by atoms with Gasteiger partial charge in [-0.3, -0.25) is 0 Å². The fourth-order valence-corrected chi connectivity index (χ4v) is 0.477. The molecule has 0 rings (SSSR count). The topological polar surface area (TPSA) is 41.3 Å². The molecule has 0 amide bonds. The first kappa shape index (κ1) is 7.23. The molecule has 1 unspecified atom stereocenters. The van der Waals surface area contributed by atoms with Crippen LogP contribution < -0.4 is 11.2 Å². The van der Waals surface area contributed by atoms with E-state index < -0.39 is 0 Å². The zero-order valence-electron chi connectivity index (χ0n) is 4.55. The summed E-state index contributed by atoms with van der Waals surface area (Å²) < 4.78 is 1.52. The second-order valence-electron chi connectivity index (χ2n) is 1.44. The highest BCUT2D eigenvalue weighted by Crippen LogP contribution is 1.77. The van der Waals surface area contributed by atoms with Crippen molar-refractivity contribution in [2.75, 3.05) is 7.05 Å². The molecule has 3 nitrogen and oxygen atoms in total. The number of nitrogens with one attached hydrogen (secondary N) is 1. The summed E-state index contributed by atoms with van der Waals surface area (Å²) in [5.41, 5.74) is 8.07. The van der Waals surface area contributed by atoms with Gasteiger partial charge in [0, 0.05) is 7.05 Å². The van der Waals surface area contributed by atoms with E-state index in [0.29, 0.717) is 0 Å². The quantitative estimate of drug-likeness (QED) is 0.264. The maximum Gasteiger partial charge on any atom is 0.0661 e. The monoisotopic (exact) mass is 121 g/mol. The molecule has 0 aliphatic rings. The van der Waals surface area contributed by atoms with Crippen molar-refractivity contribution in [3.63, 3.8) is 0 Å². The van der Waals surface area contributed by atoms with Gasteiger partial charge < -0.3 is 5.73 Å². The molecular weight excluding hydrogens is 110 g/mol. The van der Waals surface area contributed by atoms with E-state index >= 15 is 0 Å². The summed E-state index contributed by atoms with van der Waals surface area (Å²) in [6.07, 6.45) is -0.0255. The molecule has 0 fully saturated rings. The van der Waals surface area contributed by atoms with Gasteiger partial charge in [-0.15, -0.1) is 0 Å². The molecule has 0 aromatic rings. The van der Waals surface area contributed by atoms with Crippen LogP contribution in [0, 0.1) is 0 Å². The minimum absolute atomic E-state index is 0.0255. The maximum atomic E-state index is 5.29. The first-order valence-electron chi connectivity index (χ1n) is 2.07. The van der Waals surface area contributed by atoms with Crippen LogP contribution in [-0.2, 0) is 0 Å². The first-order chi connectivity index (χ1) is 3.13. The van der Waals surface area contributed by atoms with Gasteiger partial charge in [0.15, 0.2) is 0 Å². The van der Waals surface area contributed by atoms with Crippen LogP contribution in [0.4, 0.5) is 0 Å². The van der Waals surface area contributed by atoms with E-state index in [1.54, 1.807) is 7.05 Å². The van der Waals surface area contributed by atoms with Crippen LogP contribution in [-0.4, -0.2) is 17.6 Å². The van der Waals surface area contributed by atoms with Gasteiger partial charge in [-0.1, -0.05) is 12.8 Å². The van der Waals surface area contributed by atoms with Crippen molar-refractivity contribution >= 4 is 12.8 Å². The minimum atomic E-state index is -0.0255. The lowest BCUT2D eigenvalue weighted by Crippen LogP contribution is -2.40. The number of hydrogen-bond donors (Lipinski definition) is 3. The summed E-state index contributed by atoms with van der Waals surface area (Å²) in [4.78, 5) is 0. The zero-order valence-corrected chi connectivity index (χ0v) is 5.44. The van der Waals surface area contributed by atoms with E-state index in [1.807, 2.05) is 6.92 Å². The van der Waals surface area contributed by atoms with E-state index in [4.69, 9.17) is 5.73 Å². The summed E-state index contributed by atoms with van der Waals surface area (Å²) >= 11 is 3.88. The average molecular weight is 121 g/mol. The predicted molar refractivity (Wildman–Crippen MR) is 33.5 cm³/mol. The number of nitrogens with two attached hydrogens (primary N) is 1. The molecule has 3 N–H and O–H groups in total. The minimum Gasteiger partial charge on any atom is -0.315 e. The summed E-state index contributed by atoms with van der Waals surface area (Å²) in [6.45, 7) is 1.84. The molecule has 0 spiro atoms. The molecule has 44 valence electrons. The summed E-state index contributed by atoms with van der Waals surface area (Å²) in [5.74, 6) is 0. The van der Waals surface area contributed by atoms with Crippen LogP contribution >= 0.6 is 12.8 Å². The standard InChI is InChI=1S/C3H11N3S/c1-3(4)5-6(2)7/h3,5,7H,4H2,1-2H3. The molecule has 0 saturated heterocycles. The third-order valence-corrected chi connectivity index (χ3v) is 0.506. The highest BCUT2D eigenvalue weighted by Gasteiger charge is 1.90. The van der Waals surface area contributed by atoms with Crippen molar-refractivity contribution in [1.82, 2.24) is 9.84 Å². The Morgan fingerprint density at radius 1 is 1.86 bits per heavy atom. The third kappa shape index (κ3) is 6.23. The van der Waals surface area contributed by atoms with Gasteiger partial charge in [-0.05, 0) is 6.92 Å². The van der Waals surface area contributed by atoms with Crippen molar-refractivity contribution < 1.29 is 0 Å². The Labute approximate surface area is 49.4 Å². The molecule has 7 heavy (non-hydrogen) atoms. The van der Waals surface area contributed by atoms with Gasteiger partial charge in [0.05, 0.1) is 6.17 Å². The molecule has 4 heteroatoms. The van der Waals surface area contributed by atoms with Crippen LogP contribution in [0.1, 0.15) is 6.92 Å². The lowest BCUT2D eigenvalue weighted by molar-refractivity contribution is 0.362. The molecule has 0 bridgehead atoms. The van der Waals surface area contributed by atoms with Gasteiger partial charge >= 0.3 is 0 Å². The molecule has 0 radical (unpaired) electrons. The third-order valence-electron chi connectivity index (χ3n) is 0.390. The Bertz CT molecular complexity index is 39.4. The lowest BCUT2D eigenvalue weighted by atomic mass is 10.6.